The average molecular weight is 345 g/mol. The number of hydrogen-bond acceptors (Lipinski definition) is 3. The Morgan fingerprint density at radius 1 is 1.32 bits per heavy atom. The lowest BCUT2D eigenvalue weighted by Crippen LogP contribution is -2.44. The second kappa shape index (κ2) is 8.39. The van der Waals surface area contributed by atoms with Gasteiger partial charge in [0, 0.05) is 22.6 Å². The molecule has 0 aliphatic heterocycles. The molecule has 5 heteroatoms. The van der Waals surface area contributed by atoms with Gasteiger partial charge in [0.05, 0.1) is 13.0 Å². The minimum atomic E-state index is -0.206. The lowest BCUT2D eigenvalue weighted by molar-refractivity contribution is -0.122. The van der Waals surface area contributed by atoms with Gasteiger partial charge >= 0.3 is 0 Å². The number of benzene rings is 1. The average Bonchev–Trinajstić information content (AvgIpc) is 2.90. The molecular weight excluding hydrogens is 314 g/mol. The van der Waals surface area contributed by atoms with Crippen LogP contribution < -0.4 is 10.1 Å². The molecule has 0 saturated heterocycles. The van der Waals surface area contributed by atoms with Gasteiger partial charge in [-0.25, -0.2) is 0 Å². The molecule has 5 nitrogen and oxygen atoms in total. The van der Waals surface area contributed by atoms with Gasteiger partial charge in [0.1, 0.15) is 5.75 Å². The number of carbonyl (C=O) groups is 1. The second-order valence-electron chi connectivity index (χ2n) is 7.44. The Balaban J connectivity index is 2.04. The number of carbonyl (C=O) groups excluding carboxylic acids is 1. The summed E-state index contributed by atoms with van der Waals surface area (Å²) in [7, 11) is 4.14. The molecule has 0 aliphatic rings. The number of nitrogens with one attached hydrogen (secondary N) is 2. The zero-order valence-electron chi connectivity index (χ0n) is 16.1. The summed E-state index contributed by atoms with van der Waals surface area (Å²) >= 11 is 0. The molecule has 2 N–H and O–H groups in total. The van der Waals surface area contributed by atoms with Crippen molar-refractivity contribution in [3.05, 3.63) is 30.0 Å². The maximum absolute atomic E-state index is 12.6. The molecule has 0 saturated carbocycles. The van der Waals surface area contributed by atoms with Crippen LogP contribution in [0.2, 0.25) is 0 Å². The first-order chi connectivity index (χ1) is 11.8. The van der Waals surface area contributed by atoms with Crippen LogP contribution in [-0.2, 0) is 11.2 Å². The highest BCUT2D eigenvalue weighted by atomic mass is 16.5. The summed E-state index contributed by atoms with van der Waals surface area (Å²) in [6.07, 6.45) is 4.27. The summed E-state index contributed by atoms with van der Waals surface area (Å²) in [6, 6.07) is 5.91. The smallest absolute Gasteiger partial charge is 0.224 e. The number of hydrogen-bond donors (Lipinski definition) is 2. The third-order valence-electron chi connectivity index (χ3n) is 4.29. The molecule has 1 aromatic heterocycles. The van der Waals surface area contributed by atoms with Crippen molar-refractivity contribution in [2.75, 3.05) is 27.2 Å². The maximum atomic E-state index is 12.6. The minimum Gasteiger partial charge on any atom is -0.493 e. The van der Waals surface area contributed by atoms with Crippen molar-refractivity contribution in [2.24, 2.45) is 0 Å². The molecule has 0 unspecified atom stereocenters. The maximum Gasteiger partial charge on any atom is 0.224 e. The monoisotopic (exact) mass is 345 g/mol. The molecule has 1 aromatic carbocycles. The van der Waals surface area contributed by atoms with Crippen LogP contribution in [0.1, 0.15) is 39.2 Å². The minimum absolute atomic E-state index is 0.0436. The normalized spacial score (nSPS) is 11.9. The molecule has 138 valence electrons. The van der Waals surface area contributed by atoms with Crippen molar-refractivity contribution in [3.63, 3.8) is 0 Å². The molecule has 1 heterocycles. The van der Waals surface area contributed by atoms with Gasteiger partial charge in [-0.15, -0.1) is 0 Å². The Hall–Kier alpha value is -2.01. The third-order valence-corrected chi connectivity index (χ3v) is 4.29. The molecular formula is C20H31N3O2. The first-order valence-electron chi connectivity index (χ1n) is 9.00. The van der Waals surface area contributed by atoms with E-state index in [1.807, 2.05) is 31.3 Å². The largest absolute Gasteiger partial charge is 0.493 e. The van der Waals surface area contributed by atoms with E-state index >= 15 is 0 Å². The summed E-state index contributed by atoms with van der Waals surface area (Å²) in [5, 5.41) is 4.18. The number of ether oxygens (including phenoxy) is 1. The third kappa shape index (κ3) is 5.49. The SMILES string of the molecule is CCOc1cccc2[nH]cc(CC(=O)NC(C)(C)CCCN(C)C)c12. The van der Waals surface area contributed by atoms with E-state index in [0.717, 1.165) is 41.6 Å². The number of amides is 1. The number of H-pyrrole nitrogens is 1. The Kier molecular flexibility index (Phi) is 6.48. The fourth-order valence-corrected chi connectivity index (χ4v) is 3.13. The van der Waals surface area contributed by atoms with Crippen molar-refractivity contribution >= 4 is 16.8 Å². The van der Waals surface area contributed by atoms with E-state index in [9.17, 15) is 4.79 Å². The van der Waals surface area contributed by atoms with Gasteiger partial charge in [0.15, 0.2) is 0 Å². The van der Waals surface area contributed by atoms with Crippen LogP contribution in [-0.4, -0.2) is 48.6 Å². The summed E-state index contributed by atoms with van der Waals surface area (Å²) < 4.78 is 5.72. The Morgan fingerprint density at radius 3 is 2.76 bits per heavy atom. The van der Waals surface area contributed by atoms with E-state index in [0.29, 0.717) is 13.0 Å². The molecule has 0 atom stereocenters. The van der Waals surface area contributed by atoms with Crippen molar-refractivity contribution in [1.82, 2.24) is 15.2 Å². The standard InChI is InChI=1S/C20H31N3O2/c1-6-25-17-10-7-9-16-19(17)15(14-21-16)13-18(24)22-20(2,3)11-8-12-23(4)5/h7,9-10,14,21H,6,8,11-13H2,1-5H3,(H,22,24). The predicted molar refractivity (Wildman–Crippen MR) is 103 cm³/mol. The van der Waals surface area contributed by atoms with E-state index in [1.165, 1.54) is 0 Å². The Bertz CT molecular complexity index is 704. The summed E-state index contributed by atoms with van der Waals surface area (Å²) in [4.78, 5) is 18.0. The molecule has 25 heavy (non-hydrogen) atoms. The van der Waals surface area contributed by atoms with Crippen LogP contribution >= 0.6 is 0 Å². The number of rotatable bonds is 9. The Labute approximate surface area is 150 Å². The van der Waals surface area contributed by atoms with Crippen molar-refractivity contribution in [1.29, 1.82) is 0 Å². The van der Waals surface area contributed by atoms with E-state index in [1.54, 1.807) is 0 Å². The van der Waals surface area contributed by atoms with Crippen LogP contribution in [0.15, 0.2) is 24.4 Å². The highest BCUT2D eigenvalue weighted by Gasteiger charge is 2.21. The van der Waals surface area contributed by atoms with Crippen LogP contribution in [0.3, 0.4) is 0 Å². The molecule has 0 bridgehead atoms. The van der Waals surface area contributed by atoms with Crippen LogP contribution in [0.25, 0.3) is 10.9 Å². The second-order valence-corrected chi connectivity index (χ2v) is 7.44. The molecule has 0 spiro atoms. The van der Waals surface area contributed by atoms with Crippen molar-refractivity contribution in [3.8, 4) is 5.75 Å². The first kappa shape index (κ1) is 19.3. The molecule has 2 rings (SSSR count). The molecule has 0 fully saturated rings. The molecule has 0 aliphatic carbocycles. The quantitative estimate of drug-likeness (QED) is 0.733. The predicted octanol–water partition coefficient (Wildman–Crippen LogP) is 3.35. The van der Waals surface area contributed by atoms with Gasteiger partial charge in [0.25, 0.3) is 0 Å². The van der Waals surface area contributed by atoms with Gasteiger partial charge in [-0.2, -0.15) is 0 Å². The van der Waals surface area contributed by atoms with Crippen LogP contribution in [0.5, 0.6) is 5.75 Å². The van der Waals surface area contributed by atoms with Crippen molar-refractivity contribution in [2.45, 2.75) is 45.6 Å². The number of nitrogens with zero attached hydrogens (tertiary/aromatic N) is 1. The number of aromatic nitrogens is 1. The van der Waals surface area contributed by atoms with E-state index in [4.69, 9.17) is 4.74 Å². The van der Waals surface area contributed by atoms with Crippen LogP contribution in [0.4, 0.5) is 0 Å². The number of fused-ring (bicyclic) bond motifs is 1. The lowest BCUT2D eigenvalue weighted by Gasteiger charge is -2.27. The fraction of sp³-hybridized carbons (Fsp3) is 0.550. The molecule has 0 radical (unpaired) electrons. The van der Waals surface area contributed by atoms with Crippen LogP contribution in [0, 0.1) is 0 Å². The highest BCUT2D eigenvalue weighted by Crippen LogP contribution is 2.29. The lowest BCUT2D eigenvalue weighted by atomic mass is 9.97. The van der Waals surface area contributed by atoms with Gasteiger partial charge < -0.3 is 19.9 Å². The van der Waals surface area contributed by atoms with Crippen molar-refractivity contribution < 1.29 is 9.53 Å². The van der Waals surface area contributed by atoms with Gasteiger partial charge in [0.2, 0.25) is 5.91 Å². The van der Waals surface area contributed by atoms with Gasteiger partial charge in [-0.3, -0.25) is 4.79 Å². The summed E-state index contributed by atoms with van der Waals surface area (Å²) in [6.45, 7) is 7.77. The molecule has 2 aromatic rings. The Morgan fingerprint density at radius 2 is 2.08 bits per heavy atom. The summed E-state index contributed by atoms with van der Waals surface area (Å²) in [5.74, 6) is 0.872. The topological polar surface area (TPSA) is 57.4 Å². The number of aromatic amines is 1. The van der Waals surface area contributed by atoms with Gasteiger partial charge in [-0.05, 0) is 71.9 Å². The van der Waals surface area contributed by atoms with E-state index < -0.39 is 0 Å². The van der Waals surface area contributed by atoms with Gasteiger partial charge in [-0.1, -0.05) is 6.07 Å². The first-order valence-corrected chi connectivity index (χ1v) is 9.00. The zero-order valence-corrected chi connectivity index (χ0v) is 16.1. The van der Waals surface area contributed by atoms with E-state index in [2.05, 4.69) is 43.1 Å². The molecule has 1 amide bonds. The zero-order chi connectivity index (χ0) is 18.4. The van der Waals surface area contributed by atoms with E-state index in [-0.39, 0.29) is 11.4 Å². The highest BCUT2D eigenvalue weighted by molar-refractivity contribution is 5.93. The summed E-state index contributed by atoms with van der Waals surface area (Å²) in [5.41, 5.74) is 1.77. The fourth-order valence-electron chi connectivity index (χ4n) is 3.13.